The van der Waals surface area contributed by atoms with Crippen LogP contribution in [0.1, 0.15) is 23.3 Å². The van der Waals surface area contributed by atoms with Crippen LogP contribution in [0.5, 0.6) is 0 Å². The minimum absolute atomic E-state index is 0.0355. The zero-order chi connectivity index (χ0) is 13.0. The lowest BCUT2D eigenvalue weighted by molar-refractivity contribution is 0.0885. The monoisotopic (exact) mass is 251 g/mol. The second kappa shape index (κ2) is 5.54. The number of ether oxygens (including phenoxy) is 1. The molecule has 2 rings (SSSR count). The summed E-state index contributed by atoms with van der Waals surface area (Å²) in [5.41, 5.74) is 0.579. The van der Waals surface area contributed by atoms with Crippen molar-refractivity contribution in [2.75, 3.05) is 26.8 Å². The lowest BCUT2D eigenvalue weighted by atomic mass is 9.98. The van der Waals surface area contributed by atoms with Crippen molar-refractivity contribution < 1.29 is 9.53 Å². The molecule has 1 fully saturated rings. The van der Waals surface area contributed by atoms with E-state index in [1.54, 1.807) is 7.11 Å². The molecule has 2 N–H and O–H groups in total. The van der Waals surface area contributed by atoms with Crippen molar-refractivity contribution in [3.05, 3.63) is 24.0 Å². The molecular weight excluding hydrogens is 230 g/mol. The zero-order valence-electron chi connectivity index (χ0n) is 11.0. The maximum Gasteiger partial charge on any atom is 0.267 e. The summed E-state index contributed by atoms with van der Waals surface area (Å²) in [5, 5.41) is 6.43. The van der Waals surface area contributed by atoms with Gasteiger partial charge in [0.05, 0.1) is 12.1 Å². The highest BCUT2D eigenvalue weighted by Crippen LogP contribution is 2.18. The van der Waals surface area contributed by atoms with Crippen molar-refractivity contribution in [2.24, 2.45) is 7.05 Å². The molecule has 1 aromatic heterocycles. The van der Waals surface area contributed by atoms with Gasteiger partial charge < -0.3 is 19.9 Å². The van der Waals surface area contributed by atoms with Crippen LogP contribution in [0.3, 0.4) is 0 Å². The van der Waals surface area contributed by atoms with Gasteiger partial charge in [-0.3, -0.25) is 4.79 Å². The largest absolute Gasteiger partial charge is 0.383 e. The number of nitrogens with zero attached hydrogens (tertiary/aromatic N) is 1. The van der Waals surface area contributed by atoms with E-state index in [4.69, 9.17) is 4.74 Å². The maximum atomic E-state index is 12.0. The van der Waals surface area contributed by atoms with Gasteiger partial charge in [-0.2, -0.15) is 0 Å². The van der Waals surface area contributed by atoms with Gasteiger partial charge in [0.2, 0.25) is 0 Å². The quantitative estimate of drug-likeness (QED) is 0.802. The molecule has 1 saturated heterocycles. The molecule has 1 unspecified atom stereocenters. The fourth-order valence-corrected chi connectivity index (χ4v) is 2.51. The highest BCUT2D eigenvalue weighted by Gasteiger charge is 2.33. The first kappa shape index (κ1) is 13.1. The van der Waals surface area contributed by atoms with Crippen LogP contribution in [0.4, 0.5) is 0 Å². The topological polar surface area (TPSA) is 55.3 Å². The molecule has 1 amide bonds. The Labute approximate surface area is 108 Å². The zero-order valence-corrected chi connectivity index (χ0v) is 11.0. The average Bonchev–Trinajstić information content (AvgIpc) is 2.97. The Morgan fingerprint density at radius 2 is 2.50 bits per heavy atom. The number of aryl methyl sites for hydroxylation is 1. The molecular formula is C13H21N3O2. The van der Waals surface area contributed by atoms with Gasteiger partial charge in [-0.15, -0.1) is 0 Å². The van der Waals surface area contributed by atoms with Gasteiger partial charge in [-0.05, 0) is 31.5 Å². The fourth-order valence-electron chi connectivity index (χ4n) is 2.51. The van der Waals surface area contributed by atoms with E-state index in [-0.39, 0.29) is 11.4 Å². The summed E-state index contributed by atoms with van der Waals surface area (Å²) in [6, 6.07) is 3.69. The summed E-state index contributed by atoms with van der Waals surface area (Å²) in [6.45, 7) is 2.22. The van der Waals surface area contributed by atoms with E-state index < -0.39 is 0 Å². The molecule has 0 radical (unpaired) electrons. The van der Waals surface area contributed by atoms with Crippen molar-refractivity contribution in [3.8, 4) is 0 Å². The van der Waals surface area contributed by atoms with Crippen LogP contribution in [-0.4, -0.2) is 42.8 Å². The molecule has 18 heavy (non-hydrogen) atoms. The van der Waals surface area contributed by atoms with Gasteiger partial charge >= 0.3 is 0 Å². The summed E-state index contributed by atoms with van der Waals surface area (Å²) < 4.78 is 7.08. The molecule has 0 spiro atoms. The highest BCUT2D eigenvalue weighted by molar-refractivity contribution is 5.92. The third-order valence-corrected chi connectivity index (χ3v) is 3.52. The third-order valence-electron chi connectivity index (χ3n) is 3.52. The van der Waals surface area contributed by atoms with E-state index in [1.165, 1.54) is 0 Å². The number of nitrogens with one attached hydrogen (secondary N) is 2. The lowest BCUT2D eigenvalue weighted by Gasteiger charge is -2.28. The van der Waals surface area contributed by atoms with Crippen molar-refractivity contribution >= 4 is 5.91 Å². The molecule has 2 heterocycles. The minimum Gasteiger partial charge on any atom is -0.383 e. The van der Waals surface area contributed by atoms with E-state index >= 15 is 0 Å². The van der Waals surface area contributed by atoms with Crippen molar-refractivity contribution in [1.29, 1.82) is 0 Å². The van der Waals surface area contributed by atoms with Crippen LogP contribution in [0, 0.1) is 0 Å². The van der Waals surface area contributed by atoms with Crippen molar-refractivity contribution in [2.45, 2.75) is 18.4 Å². The molecule has 1 aromatic rings. The summed E-state index contributed by atoms with van der Waals surface area (Å²) in [5.74, 6) is -0.0355. The minimum atomic E-state index is -0.102. The first-order valence-corrected chi connectivity index (χ1v) is 6.30. The van der Waals surface area contributed by atoms with Crippen LogP contribution >= 0.6 is 0 Å². The summed E-state index contributed by atoms with van der Waals surface area (Å²) >= 11 is 0. The number of carbonyl (C=O) groups is 1. The smallest absolute Gasteiger partial charge is 0.267 e. The molecule has 100 valence electrons. The molecule has 0 aromatic carbocycles. The number of aromatic nitrogens is 1. The van der Waals surface area contributed by atoms with Crippen LogP contribution in [0.2, 0.25) is 0 Å². The molecule has 0 aliphatic carbocycles. The molecule has 5 heteroatoms. The van der Waals surface area contributed by atoms with Gasteiger partial charge in [0.1, 0.15) is 5.69 Å². The molecule has 1 aliphatic rings. The Balaban J connectivity index is 1.94. The van der Waals surface area contributed by atoms with Gasteiger partial charge in [-0.1, -0.05) is 0 Å². The maximum absolute atomic E-state index is 12.0. The fraction of sp³-hybridized carbons (Fsp3) is 0.615. The predicted molar refractivity (Wildman–Crippen MR) is 69.6 cm³/mol. The van der Waals surface area contributed by atoms with E-state index in [2.05, 4.69) is 10.6 Å². The number of methoxy groups -OCH3 is 1. The first-order valence-electron chi connectivity index (χ1n) is 6.30. The number of rotatable bonds is 5. The number of carbonyl (C=O) groups excluding carboxylic acids is 1. The number of hydrogen-bond acceptors (Lipinski definition) is 3. The molecule has 0 bridgehead atoms. The summed E-state index contributed by atoms with van der Waals surface area (Å²) in [7, 11) is 3.56. The molecule has 1 aliphatic heterocycles. The lowest BCUT2D eigenvalue weighted by Crippen LogP contribution is -2.53. The van der Waals surface area contributed by atoms with E-state index in [0.29, 0.717) is 18.8 Å². The van der Waals surface area contributed by atoms with Crippen molar-refractivity contribution in [1.82, 2.24) is 15.2 Å². The standard InChI is InChI=1S/C13H21N3O2/c1-16-8-3-5-11(16)12(17)14-9-13(10-18-2)6-4-7-15-13/h3,5,8,15H,4,6-7,9-10H2,1-2H3,(H,14,17). The Morgan fingerprint density at radius 1 is 1.67 bits per heavy atom. The number of amides is 1. The van der Waals surface area contributed by atoms with Crippen molar-refractivity contribution in [3.63, 3.8) is 0 Å². The Morgan fingerprint density at radius 3 is 3.06 bits per heavy atom. The van der Waals surface area contributed by atoms with Gasteiger partial charge in [-0.25, -0.2) is 0 Å². The number of hydrogen-bond donors (Lipinski definition) is 2. The van der Waals surface area contributed by atoms with E-state index in [0.717, 1.165) is 19.4 Å². The second-order valence-corrected chi connectivity index (χ2v) is 4.93. The van der Waals surface area contributed by atoms with E-state index in [9.17, 15) is 4.79 Å². The third kappa shape index (κ3) is 2.73. The average molecular weight is 251 g/mol. The Bertz CT molecular complexity index is 408. The normalized spacial score (nSPS) is 23.2. The predicted octanol–water partition coefficient (Wildman–Crippen LogP) is 0.523. The first-order chi connectivity index (χ1) is 8.67. The van der Waals surface area contributed by atoms with Gasteiger partial charge in [0.15, 0.2) is 0 Å². The summed E-state index contributed by atoms with van der Waals surface area (Å²) in [4.78, 5) is 12.0. The second-order valence-electron chi connectivity index (χ2n) is 4.93. The Hall–Kier alpha value is -1.33. The van der Waals surface area contributed by atoms with Gasteiger partial charge in [0, 0.05) is 26.9 Å². The van der Waals surface area contributed by atoms with Crippen LogP contribution < -0.4 is 10.6 Å². The Kier molecular flexibility index (Phi) is 4.04. The van der Waals surface area contributed by atoms with Crippen LogP contribution in [0.25, 0.3) is 0 Å². The molecule has 5 nitrogen and oxygen atoms in total. The SMILES string of the molecule is COCC1(CNC(=O)c2cccn2C)CCCN1. The molecule has 1 atom stereocenters. The van der Waals surface area contributed by atoms with Crippen LogP contribution in [-0.2, 0) is 11.8 Å². The summed E-state index contributed by atoms with van der Waals surface area (Å²) in [6.07, 6.45) is 4.03. The van der Waals surface area contributed by atoms with Gasteiger partial charge in [0.25, 0.3) is 5.91 Å². The highest BCUT2D eigenvalue weighted by atomic mass is 16.5. The van der Waals surface area contributed by atoms with E-state index in [1.807, 2.05) is 29.9 Å². The molecule has 0 saturated carbocycles. The van der Waals surface area contributed by atoms with Crippen LogP contribution in [0.15, 0.2) is 18.3 Å².